The van der Waals surface area contributed by atoms with E-state index in [1.165, 1.54) is 12.8 Å². The third kappa shape index (κ3) is 4.76. The van der Waals surface area contributed by atoms with Gasteiger partial charge in [0.05, 0.1) is 12.2 Å². The molecule has 0 radical (unpaired) electrons. The lowest BCUT2D eigenvalue weighted by Crippen LogP contribution is -2.29. The van der Waals surface area contributed by atoms with Gasteiger partial charge in [0.25, 0.3) is 0 Å². The quantitative estimate of drug-likeness (QED) is 0.813. The van der Waals surface area contributed by atoms with Crippen molar-refractivity contribution in [3.63, 3.8) is 0 Å². The van der Waals surface area contributed by atoms with Crippen LogP contribution in [-0.4, -0.2) is 19.0 Å². The van der Waals surface area contributed by atoms with Crippen molar-refractivity contribution >= 4 is 11.6 Å². The van der Waals surface area contributed by atoms with E-state index < -0.39 is 11.6 Å². The summed E-state index contributed by atoms with van der Waals surface area (Å²) in [6.45, 7) is 1.05. The van der Waals surface area contributed by atoms with Crippen LogP contribution in [0.3, 0.4) is 0 Å². The van der Waals surface area contributed by atoms with Gasteiger partial charge in [-0.2, -0.15) is 0 Å². The van der Waals surface area contributed by atoms with E-state index in [-0.39, 0.29) is 18.2 Å². The van der Waals surface area contributed by atoms with E-state index in [1.54, 1.807) is 24.3 Å². The van der Waals surface area contributed by atoms with Crippen LogP contribution in [0.4, 0.5) is 14.5 Å². The minimum absolute atomic E-state index is 0.0288. The molecule has 0 bridgehead atoms. The number of hydrogen-bond acceptors (Lipinski definition) is 3. The molecule has 1 fully saturated rings. The summed E-state index contributed by atoms with van der Waals surface area (Å²) in [4.78, 5) is 12.0. The van der Waals surface area contributed by atoms with E-state index in [1.807, 2.05) is 0 Å². The van der Waals surface area contributed by atoms with Crippen molar-refractivity contribution in [1.82, 2.24) is 5.32 Å². The Hall–Kier alpha value is -2.47. The number of anilines is 1. The number of benzene rings is 2. The Morgan fingerprint density at radius 1 is 1.12 bits per heavy atom. The van der Waals surface area contributed by atoms with Gasteiger partial charge in [-0.25, -0.2) is 8.78 Å². The molecular formula is C18H18F2N2O2. The molecule has 0 aliphatic heterocycles. The van der Waals surface area contributed by atoms with E-state index >= 15 is 0 Å². The van der Waals surface area contributed by atoms with Crippen LogP contribution in [0.2, 0.25) is 0 Å². The van der Waals surface area contributed by atoms with Crippen LogP contribution in [0, 0.1) is 17.6 Å². The van der Waals surface area contributed by atoms with Gasteiger partial charge in [-0.1, -0.05) is 12.1 Å². The Morgan fingerprint density at radius 3 is 2.54 bits per heavy atom. The van der Waals surface area contributed by atoms with Gasteiger partial charge in [0, 0.05) is 18.2 Å². The molecule has 6 heteroatoms. The van der Waals surface area contributed by atoms with Crippen LogP contribution < -0.4 is 15.4 Å². The summed E-state index contributed by atoms with van der Waals surface area (Å²) >= 11 is 0. The van der Waals surface area contributed by atoms with Gasteiger partial charge in [-0.3, -0.25) is 4.79 Å². The van der Waals surface area contributed by atoms with Gasteiger partial charge >= 0.3 is 0 Å². The van der Waals surface area contributed by atoms with E-state index in [2.05, 4.69) is 10.6 Å². The second kappa shape index (κ2) is 7.40. The molecule has 2 N–H and O–H groups in total. The number of nitrogens with one attached hydrogen (secondary N) is 2. The number of halogens is 2. The van der Waals surface area contributed by atoms with Crippen LogP contribution in [0.1, 0.15) is 12.8 Å². The zero-order chi connectivity index (χ0) is 16.9. The van der Waals surface area contributed by atoms with Crippen LogP contribution >= 0.6 is 0 Å². The zero-order valence-corrected chi connectivity index (χ0v) is 13.0. The fourth-order valence-corrected chi connectivity index (χ4v) is 2.28. The highest BCUT2D eigenvalue weighted by atomic mass is 19.1. The van der Waals surface area contributed by atoms with Crippen molar-refractivity contribution in [2.45, 2.75) is 12.8 Å². The molecular weight excluding hydrogens is 314 g/mol. The molecule has 1 aliphatic rings. The summed E-state index contributed by atoms with van der Waals surface area (Å²) in [5.74, 6) is -0.612. The van der Waals surface area contributed by atoms with Crippen molar-refractivity contribution in [2.24, 2.45) is 5.92 Å². The first-order chi connectivity index (χ1) is 11.6. The Morgan fingerprint density at radius 2 is 1.83 bits per heavy atom. The lowest BCUT2D eigenvalue weighted by Gasteiger charge is -2.12. The first kappa shape index (κ1) is 16.4. The topological polar surface area (TPSA) is 50.4 Å². The number of rotatable bonds is 7. The average molecular weight is 332 g/mol. The van der Waals surface area contributed by atoms with Crippen LogP contribution in [0.25, 0.3) is 0 Å². The SMILES string of the molecule is O=C(CNCC1CC1)Nc1ccccc1Oc1cc(F)cc(F)c1. The minimum atomic E-state index is -0.726. The molecule has 0 unspecified atom stereocenters. The van der Waals surface area contributed by atoms with E-state index in [4.69, 9.17) is 4.74 Å². The van der Waals surface area contributed by atoms with Gasteiger partial charge in [0.1, 0.15) is 17.4 Å². The maximum absolute atomic E-state index is 13.3. The Balaban J connectivity index is 1.64. The lowest BCUT2D eigenvalue weighted by atomic mass is 10.2. The average Bonchev–Trinajstić information content (AvgIpc) is 3.32. The third-order valence-electron chi connectivity index (χ3n) is 3.64. The fourth-order valence-electron chi connectivity index (χ4n) is 2.28. The van der Waals surface area contributed by atoms with Crippen molar-refractivity contribution in [1.29, 1.82) is 0 Å². The number of carbonyl (C=O) groups is 1. The molecule has 1 aliphatic carbocycles. The smallest absolute Gasteiger partial charge is 0.238 e. The van der Waals surface area contributed by atoms with Gasteiger partial charge in [0.2, 0.25) is 5.91 Å². The molecule has 0 atom stereocenters. The normalized spacial score (nSPS) is 13.6. The van der Waals surface area contributed by atoms with E-state index in [9.17, 15) is 13.6 Å². The van der Waals surface area contributed by atoms with E-state index in [0.29, 0.717) is 17.4 Å². The summed E-state index contributed by atoms with van der Waals surface area (Å²) in [5.41, 5.74) is 0.445. The molecule has 0 aromatic heterocycles. The highest BCUT2D eigenvalue weighted by Gasteiger charge is 2.20. The summed E-state index contributed by atoms with van der Waals surface area (Å²) < 4.78 is 32.0. The molecule has 2 aromatic rings. The van der Waals surface area contributed by atoms with Crippen molar-refractivity contribution in [3.8, 4) is 11.5 Å². The molecule has 3 rings (SSSR count). The van der Waals surface area contributed by atoms with Crippen LogP contribution in [-0.2, 0) is 4.79 Å². The van der Waals surface area contributed by atoms with E-state index in [0.717, 1.165) is 24.7 Å². The largest absolute Gasteiger partial charge is 0.455 e. The molecule has 126 valence electrons. The number of amides is 1. The van der Waals surface area contributed by atoms with Crippen molar-refractivity contribution in [3.05, 3.63) is 54.1 Å². The maximum Gasteiger partial charge on any atom is 0.238 e. The predicted molar refractivity (Wildman–Crippen MR) is 87.1 cm³/mol. The standard InChI is InChI=1S/C18H18F2N2O2/c19-13-7-14(20)9-15(8-13)24-17-4-2-1-3-16(17)22-18(23)11-21-10-12-5-6-12/h1-4,7-9,12,21H,5-6,10-11H2,(H,22,23). The number of hydrogen-bond donors (Lipinski definition) is 2. The molecule has 0 spiro atoms. The van der Waals surface area contributed by atoms with Gasteiger partial charge < -0.3 is 15.4 Å². The number of carbonyl (C=O) groups excluding carboxylic acids is 1. The molecule has 4 nitrogen and oxygen atoms in total. The number of ether oxygens (including phenoxy) is 1. The molecule has 0 saturated heterocycles. The second-order valence-corrected chi connectivity index (χ2v) is 5.83. The first-order valence-corrected chi connectivity index (χ1v) is 7.84. The highest BCUT2D eigenvalue weighted by Crippen LogP contribution is 2.30. The molecule has 2 aromatic carbocycles. The lowest BCUT2D eigenvalue weighted by molar-refractivity contribution is -0.115. The summed E-state index contributed by atoms with van der Waals surface area (Å²) in [6.07, 6.45) is 2.44. The minimum Gasteiger partial charge on any atom is -0.455 e. The predicted octanol–water partition coefficient (Wildman–Crippen LogP) is 3.70. The zero-order valence-electron chi connectivity index (χ0n) is 13.0. The molecule has 24 heavy (non-hydrogen) atoms. The van der Waals surface area contributed by atoms with Gasteiger partial charge in [-0.05, 0) is 37.4 Å². The van der Waals surface area contributed by atoms with Gasteiger partial charge in [0.15, 0.2) is 5.75 Å². The fraction of sp³-hybridized carbons (Fsp3) is 0.278. The first-order valence-electron chi connectivity index (χ1n) is 7.84. The third-order valence-corrected chi connectivity index (χ3v) is 3.64. The molecule has 1 saturated carbocycles. The monoisotopic (exact) mass is 332 g/mol. The highest BCUT2D eigenvalue weighted by molar-refractivity contribution is 5.93. The summed E-state index contributed by atoms with van der Waals surface area (Å²) in [6, 6.07) is 9.68. The van der Waals surface area contributed by atoms with Crippen LogP contribution in [0.15, 0.2) is 42.5 Å². The Labute approximate surface area is 138 Å². The van der Waals surface area contributed by atoms with Gasteiger partial charge in [-0.15, -0.1) is 0 Å². The number of para-hydroxylation sites is 2. The second-order valence-electron chi connectivity index (χ2n) is 5.83. The Kier molecular flexibility index (Phi) is 5.05. The summed E-state index contributed by atoms with van der Waals surface area (Å²) in [7, 11) is 0. The summed E-state index contributed by atoms with van der Waals surface area (Å²) in [5, 5.41) is 5.84. The van der Waals surface area contributed by atoms with Crippen molar-refractivity contribution in [2.75, 3.05) is 18.4 Å². The van der Waals surface area contributed by atoms with Crippen LogP contribution in [0.5, 0.6) is 11.5 Å². The van der Waals surface area contributed by atoms with Crippen molar-refractivity contribution < 1.29 is 18.3 Å². The Bertz CT molecular complexity index is 712. The molecule has 1 amide bonds. The molecule has 0 heterocycles. The maximum atomic E-state index is 13.3.